The van der Waals surface area contributed by atoms with Gasteiger partial charge in [0.05, 0.1) is 27.7 Å². The van der Waals surface area contributed by atoms with Crippen LogP contribution in [0, 0.1) is 4.77 Å². The lowest BCUT2D eigenvalue weighted by atomic mass is 9.88. The van der Waals surface area contributed by atoms with Gasteiger partial charge >= 0.3 is 0 Å². The highest BCUT2D eigenvalue weighted by atomic mass is 35.5. The molecule has 4 aliphatic rings. The first kappa shape index (κ1) is 53.8. The number of halogens is 6. The molecule has 1 aliphatic heterocycles. The number of thiocarbonyl (C=S) groups is 1. The van der Waals surface area contributed by atoms with Gasteiger partial charge in [0.25, 0.3) is 0 Å². The molecule has 3 unspecified atom stereocenters. The van der Waals surface area contributed by atoms with E-state index in [1.807, 2.05) is 80.6 Å². The Morgan fingerprint density at radius 1 is 0.723 bits per heavy atom. The number of carbonyl (C=O) groups is 1. The Morgan fingerprint density at radius 2 is 1.09 bits per heavy atom. The van der Waals surface area contributed by atoms with Crippen molar-refractivity contribution < 1.29 is 20.1 Å². The van der Waals surface area contributed by atoms with Crippen molar-refractivity contribution in [2.24, 2.45) is 5.84 Å². The molecule has 20 heteroatoms. The summed E-state index contributed by atoms with van der Waals surface area (Å²) in [5, 5.41) is 43.5. The van der Waals surface area contributed by atoms with Crippen LogP contribution in [-0.2, 0) is 30.6 Å². The normalized spacial score (nSPS) is 20.6. The van der Waals surface area contributed by atoms with Crippen molar-refractivity contribution in [1.82, 2.24) is 35.9 Å². The van der Waals surface area contributed by atoms with Gasteiger partial charge in [0.1, 0.15) is 34.6 Å². The van der Waals surface area contributed by atoms with E-state index in [0.717, 1.165) is 55.2 Å². The van der Waals surface area contributed by atoms with Crippen molar-refractivity contribution in [2.45, 2.75) is 129 Å². The Kier molecular flexibility index (Phi) is 17.9. The monoisotopic (exact) mass is 1050 g/mol. The van der Waals surface area contributed by atoms with Crippen molar-refractivity contribution >= 4 is 105 Å². The van der Waals surface area contributed by atoms with E-state index in [9.17, 15) is 20.1 Å². The lowest BCUT2D eigenvalue weighted by molar-refractivity contribution is -0.115. The molecular weight excluding hydrogens is 993 g/mol. The third-order valence-corrected chi connectivity index (χ3v) is 15.8. The predicted octanol–water partition coefficient (Wildman–Crippen LogP) is 8.60. The SMILES string of the molecule is CC(C)=O.CC1(C)NC(=S)N(CC(O)(Cc2ccccc2Cl)C2(Cl)CC2)N1.NNCC(O)(Cc1ccccc1Cl)C1(Cl)CC1.OC(Cc1ccccc1Cl)(Cn1[nH]cnc1=S)C1(Cl)CC1. The Balaban J connectivity index is 0.000000177. The van der Waals surface area contributed by atoms with E-state index in [0.29, 0.717) is 50.8 Å². The van der Waals surface area contributed by atoms with Gasteiger partial charge < -0.3 is 25.4 Å². The van der Waals surface area contributed by atoms with Gasteiger partial charge in [-0.05, 0) is 126 Å². The molecule has 0 amide bonds. The van der Waals surface area contributed by atoms with Crippen LogP contribution in [0.2, 0.25) is 15.1 Å². The molecule has 1 aromatic heterocycles. The van der Waals surface area contributed by atoms with Crippen molar-refractivity contribution in [3.05, 3.63) is 116 Å². The number of hydrogen-bond donors (Lipinski definition) is 8. The second-order valence-corrected chi connectivity index (χ2v) is 22.2. The number of carbonyl (C=O) groups excluding carboxylic acids is 1. The van der Waals surface area contributed by atoms with E-state index in [2.05, 4.69) is 26.3 Å². The standard InChI is InChI=1S/C16H21Cl2N3OS.C14H15Cl2N3OS.C12H16Cl2N2O.C3H6O/c1-14(2)19-13(23)21(20-14)10-16(22,15(18)7-8-15)9-11-5-3-4-6-12(11)17;15-11-4-2-1-3-10(11)7-14(20,13(16)5-6-13)8-19-12(21)17-9-18-19;13-10-4-2-1-3-9(10)7-12(17,8-16-15)11(14)5-6-11;1-3(2)4/h3-6,20,22H,7-10H2,1-2H3,(H,19,23);1-4,9,20H,5-8H2,(H,17,18,21);1-4,16-17H,5-8,15H2;1-2H3. The number of nitrogens with one attached hydrogen (secondary N) is 4. The number of hydrogen-bond acceptors (Lipinski definition) is 10. The fraction of sp³-hybridized carbons (Fsp3) is 0.511. The second-order valence-electron chi connectivity index (χ2n) is 18.1. The third-order valence-electron chi connectivity index (χ3n) is 11.8. The Labute approximate surface area is 421 Å². The van der Waals surface area contributed by atoms with Crippen molar-refractivity contribution in [3.8, 4) is 0 Å². The molecule has 3 aliphatic carbocycles. The number of β-amino-alcohol motifs (C(OH)–C–C–N with tert-alkyl or cyclic N) is 1. The first-order chi connectivity index (χ1) is 30.3. The minimum absolute atomic E-state index is 0.167. The lowest BCUT2D eigenvalue weighted by Crippen LogP contribution is -2.56. The average Bonchev–Trinajstić information content (AvgIpc) is 4.19. The average molecular weight is 1050 g/mol. The molecule has 0 radical (unpaired) electrons. The quantitative estimate of drug-likeness (QED) is 0.0247. The predicted molar refractivity (Wildman–Crippen MR) is 269 cm³/mol. The van der Waals surface area contributed by atoms with Gasteiger partial charge in [-0.1, -0.05) is 89.4 Å². The van der Waals surface area contributed by atoms with E-state index in [1.54, 1.807) is 15.8 Å². The Hall–Kier alpha value is -2.12. The van der Waals surface area contributed by atoms with E-state index >= 15 is 0 Å². The van der Waals surface area contributed by atoms with Crippen LogP contribution in [0.3, 0.4) is 0 Å². The van der Waals surface area contributed by atoms with Crippen LogP contribution in [0.4, 0.5) is 0 Å². The minimum Gasteiger partial charge on any atom is -0.386 e. The maximum Gasteiger partial charge on any atom is 0.215 e. The number of Topliss-reactive ketones (excluding diaryl/α,β-unsaturated/α-hetero) is 1. The largest absolute Gasteiger partial charge is 0.386 e. The van der Waals surface area contributed by atoms with Gasteiger partial charge in [0.2, 0.25) is 4.77 Å². The molecule has 4 aromatic rings. The first-order valence-corrected chi connectivity index (χ1v) is 24.2. The van der Waals surface area contributed by atoms with Crippen molar-refractivity contribution in [3.63, 3.8) is 0 Å². The number of nitrogens with two attached hydrogens (primary N) is 1. The van der Waals surface area contributed by atoms with Crippen molar-refractivity contribution in [2.75, 3.05) is 13.1 Å². The molecule has 2 heterocycles. The fourth-order valence-corrected chi connectivity index (χ4v) is 9.45. The topological polar surface area (TPSA) is 177 Å². The Bertz CT molecular complexity index is 2340. The third kappa shape index (κ3) is 14.0. The summed E-state index contributed by atoms with van der Waals surface area (Å²) in [6, 6.07) is 22.5. The van der Waals surface area contributed by atoms with Crippen molar-refractivity contribution in [1.29, 1.82) is 0 Å². The highest BCUT2D eigenvalue weighted by molar-refractivity contribution is 7.80. The molecule has 356 valence electrons. The van der Waals surface area contributed by atoms with E-state index in [1.165, 1.54) is 20.2 Å². The van der Waals surface area contributed by atoms with Crippen LogP contribution in [0.1, 0.15) is 82.9 Å². The zero-order valence-corrected chi connectivity index (χ0v) is 42.9. The number of benzene rings is 3. The summed E-state index contributed by atoms with van der Waals surface area (Å²) in [5.41, 5.74) is 4.77. The molecule has 3 saturated carbocycles. The van der Waals surface area contributed by atoms with Gasteiger partial charge in [0, 0.05) is 40.9 Å². The van der Waals surface area contributed by atoms with Gasteiger partial charge in [-0.2, -0.15) is 0 Å². The summed E-state index contributed by atoms with van der Waals surface area (Å²) < 4.78 is 2.03. The highest BCUT2D eigenvalue weighted by Crippen LogP contribution is 2.54. The summed E-state index contributed by atoms with van der Waals surface area (Å²) in [5.74, 6) is 5.50. The number of H-pyrrole nitrogens is 1. The molecule has 3 atom stereocenters. The van der Waals surface area contributed by atoms with Gasteiger partial charge in [-0.3, -0.25) is 26.1 Å². The van der Waals surface area contributed by atoms with Crippen LogP contribution in [-0.4, -0.2) is 96.2 Å². The van der Waals surface area contributed by atoms with Crippen LogP contribution < -0.4 is 22.0 Å². The molecule has 3 aromatic carbocycles. The number of aromatic nitrogens is 3. The van der Waals surface area contributed by atoms with Gasteiger partial charge in [-0.15, -0.1) is 34.8 Å². The molecule has 4 fully saturated rings. The molecule has 9 N–H and O–H groups in total. The summed E-state index contributed by atoms with van der Waals surface area (Å²) in [6.45, 7) is 7.85. The molecule has 8 rings (SSSR count). The molecule has 1 saturated heterocycles. The van der Waals surface area contributed by atoms with Crippen LogP contribution in [0.25, 0.3) is 0 Å². The number of rotatable bonds is 15. The van der Waals surface area contributed by atoms with Crippen LogP contribution >= 0.6 is 94.0 Å². The molecule has 0 bridgehead atoms. The van der Waals surface area contributed by atoms with E-state index < -0.39 is 31.4 Å². The smallest absolute Gasteiger partial charge is 0.215 e. The number of nitrogens with zero attached hydrogens (tertiary/aromatic N) is 3. The lowest BCUT2D eigenvalue weighted by Gasteiger charge is -2.37. The zero-order valence-electron chi connectivity index (χ0n) is 36.7. The molecule has 0 spiro atoms. The van der Waals surface area contributed by atoms with Crippen LogP contribution in [0.15, 0.2) is 79.1 Å². The fourth-order valence-electron chi connectivity index (χ4n) is 7.63. The number of aromatic amines is 1. The number of alkyl halides is 3. The zero-order chi connectivity index (χ0) is 48.1. The summed E-state index contributed by atoms with van der Waals surface area (Å²) >= 11 is 48.6. The summed E-state index contributed by atoms with van der Waals surface area (Å²) in [6.07, 6.45) is 7.39. The van der Waals surface area contributed by atoms with E-state index in [-0.39, 0.29) is 24.5 Å². The van der Waals surface area contributed by atoms with Crippen LogP contribution in [0.5, 0.6) is 0 Å². The van der Waals surface area contributed by atoms with E-state index in [4.69, 9.17) is 99.9 Å². The first-order valence-electron chi connectivity index (χ1n) is 21.1. The number of aliphatic hydroxyl groups is 3. The number of ketones is 1. The van der Waals surface area contributed by atoms with Gasteiger partial charge in [0.15, 0.2) is 5.11 Å². The maximum absolute atomic E-state index is 11.4. The molecule has 65 heavy (non-hydrogen) atoms. The second kappa shape index (κ2) is 21.7. The Morgan fingerprint density at radius 3 is 1.42 bits per heavy atom. The van der Waals surface area contributed by atoms with Gasteiger partial charge in [-0.25, -0.2) is 10.4 Å². The maximum atomic E-state index is 11.4. The summed E-state index contributed by atoms with van der Waals surface area (Å²) in [7, 11) is 0. The molecular formula is C45H58Cl6N8O4S2. The number of hydrazine groups is 2. The minimum atomic E-state index is -1.13. The molecule has 12 nitrogen and oxygen atoms in total. The summed E-state index contributed by atoms with van der Waals surface area (Å²) in [4.78, 5) is 11.6. The highest BCUT2D eigenvalue weighted by Gasteiger charge is 2.60.